The summed E-state index contributed by atoms with van der Waals surface area (Å²) >= 11 is 0. The van der Waals surface area contributed by atoms with Gasteiger partial charge in [-0.1, -0.05) is 24.3 Å². The highest BCUT2D eigenvalue weighted by molar-refractivity contribution is 7.89. The predicted octanol–water partition coefficient (Wildman–Crippen LogP) is 1.65. The van der Waals surface area contributed by atoms with Crippen LogP contribution in [0, 0.1) is 11.3 Å². The van der Waals surface area contributed by atoms with E-state index >= 15 is 0 Å². The molecule has 0 aliphatic carbocycles. The lowest BCUT2D eigenvalue weighted by Crippen LogP contribution is -2.19. The average Bonchev–Trinajstić information content (AvgIpc) is 2.71. The zero-order chi connectivity index (χ0) is 22.1. The summed E-state index contributed by atoms with van der Waals surface area (Å²) in [6, 6.07) is 13.9. The van der Waals surface area contributed by atoms with Gasteiger partial charge < -0.3 is 15.4 Å². The summed E-state index contributed by atoms with van der Waals surface area (Å²) in [4.78, 5) is 24.4. The molecular weight excluding hydrogens is 408 g/mol. The zero-order valence-electron chi connectivity index (χ0n) is 16.1. The normalized spacial score (nSPS) is 11.3. The smallest absolute Gasteiger partial charge is 0.340 e. The quantitative estimate of drug-likeness (QED) is 0.328. The first kappa shape index (κ1) is 22.6. The number of ether oxygens (including phenoxy) is 1. The molecular formula is C20H20N4O5S. The van der Waals surface area contributed by atoms with Crippen LogP contribution in [0.3, 0.4) is 0 Å². The lowest BCUT2D eigenvalue weighted by Gasteiger charge is -2.10. The van der Waals surface area contributed by atoms with Crippen molar-refractivity contribution in [2.75, 3.05) is 11.9 Å². The molecule has 0 unspecified atom stereocenters. The summed E-state index contributed by atoms with van der Waals surface area (Å²) in [6.07, 6.45) is 1.23. The minimum atomic E-state index is -3.77. The number of nitrogens with two attached hydrogens (primary N) is 1. The highest BCUT2D eigenvalue weighted by Gasteiger charge is 2.16. The van der Waals surface area contributed by atoms with Crippen molar-refractivity contribution < 1.29 is 22.7 Å². The number of hydrogen-bond donors (Lipinski definition) is 3. The Balaban J connectivity index is 2.06. The summed E-state index contributed by atoms with van der Waals surface area (Å²) < 4.78 is 27.5. The van der Waals surface area contributed by atoms with Crippen LogP contribution in [0.15, 0.2) is 65.2 Å². The third-order valence-electron chi connectivity index (χ3n) is 3.84. The maximum atomic E-state index is 12.4. The number of para-hydroxylation sites is 1. The van der Waals surface area contributed by atoms with Gasteiger partial charge in [-0.25, -0.2) is 18.4 Å². The van der Waals surface area contributed by atoms with E-state index in [4.69, 9.17) is 9.88 Å². The number of sulfonamides is 1. The van der Waals surface area contributed by atoms with E-state index in [9.17, 15) is 23.3 Å². The molecule has 0 radical (unpaired) electrons. The van der Waals surface area contributed by atoms with Crippen molar-refractivity contribution in [1.29, 1.82) is 5.26 Å². The van der Waals surface area contributed by atoms with E-state index in [0.717, 1.165) is 0 Å². The van der Waals surface area contributed by atoms with Crippen molar-refractivity contribution >= 4 is 27.6 Å². The van der Waals surface area contributed by atoms with Gasteiger partial charge in [0.2, 0.25) is 10.0 Å². The largest absolute Gasteiger partial charge is 0.462 e. The molecule has 2 rings (SSSR count). The van der Waals surface area contributed by atoms with Gasteiger partial charge in [0.05, 0.1) is 22.8 Å². The SMILES string of the molecule is CCOC(=O)c1ccccc1NC(=O)/C(C#N)=C\NCc1ccc(S(N)(=O)=O)cc1. The van der Waals surface area contributed by atoms with Gasteiger partial charge in [-0.3, -0.25) is 4.79 Å². The lowest BCUT2D eigenvalue weighted by atomic mass is 10.1. The monoisotopic (exact) mass is 428 g/mol. The van der Waals surface area contributed by atoms with Gasteiger partial charge in [0.15, 0.2) is 0 Å². The molecule has 1 amide bonds. The number of anilines is 1. The maximum Gasteiger partial charge on any atom is 0.340 e. The van der Waals surface area contributed by atoms with Crippen LogP contribution in [0.1, 0.15) is 22.8 Å². The molecule has 0 aliphatic rings. The minimum absolute atomic E-state index is 0.0147. The van der Waals surface area contributed by atoms with E-state index in [1.165, 1.54) is 30.5 Å². The van der Waals surface area contributed by atoms with Gasteiger partial charge in [0, 0.05) is 12.7 Å². The Bertz CT molecular complexity index is 1100. The van der Waals surface area contributed by atoms with Crippen molar-refractivity contribution in [2.24, 2.45) is 5.14 Å². The van der Waals surface area contributed by atoms with E-state index in [-0.39, 0.29) is 34.9 Å². The standard InChI is InChI=1S/C20H20N4O5S/c1-2-29-20(26)17-5-3-4-6-18(17)24-19(25)15(11-21)13-23-12-14-7-9-16(10-8-14)30(22,27)28/h3-10,13,23H,2,12H2,1H3,(H,24,25)(H2,22,27,28)/b15-13-. The number of primary sulfonamides is 1. The van der Waals surface area contributed by atoms with E-state index in [1.807, 2.05) is 0 Å². The van der Waals surface area contributed by atoms with Crippen molar-refractivity contribution in [1.82, 2.24) is 5.32 Å². The second-order valence-electron chi connectivity index (χ2n) is 5.96. The number of nitrogens with zero attached hydrogens (tertiary/aromatic N) is 1. The summed E-state index contributed by atoms with van der Waals surface area (Å²) in [6.45, 7) is 2.10. The van der Waals surface area contributed by atoms with E-state index in [0.29, 0.717) is 5.56 Å². The number of benzene rings is 2. The van der Waals surface area contributed by atoms with Gasteiger partial charge in [-0.15, -0.1) is 0 Å². The summed E-state index contributed by atoms with van der Waals surface area (Å²) in [5, 5.41) is 19.7. The minimum Gasteiger partial charge on any atom is -0.462 e. The molecule has 0 heterocycles. The predicted molar refractivity (Wildman–Crippen MR) is 109 cm³/mol. The molecule has 156 valence electrons. The van der Waals surface area contributed by atoms with E-state index < -0.39 is 21.9 Å². The molecule has 0 atom stereocenters. The van der Waals surface area contributed by atoms with Gasteiger partial charge >= 0.3 is 5.97 Å². The van der Waals surface area contributed by atoms with Crippen molar-refractivity contribution in [3.63, 3.8) is 0 Å². The molecule has 0 spiro atoms. The third kappa shape index (κ3) is 6.16. The van der Waals surface area contributed by atoms with Gasteiger partial charge in [-0.2, -0.15) is 5.26 Å². The van der Waals surface area contributed by atoms with E-state index in [1.54, 1.807) is 37.3 Å². The first-order chi connectivity index (χ1) is 14.3. The fourth-order valence-electron chi connectivity index (χ4n) is 2.39. The molecule has 9 nitrogen and oxygen atoms in total. The Morgan fingerprint density at radius 1 is 1.17 bits per heavy atom. The molecule has 0 aromatic heterocycles. The number of carbonyl (C=O) groups excluding carboxylic acids is 2. The van der Waals surface area contributed by atoms with Crippen LogP contribution >= 0.6 is 0 Å². The highest BCUT2D eigenvalue weighted by atomic mass is 32.2. The Kier molecular flexibility index (Phi) is 7.69. The number of nitriles is 1. The second kappa shape index (κ2) is 10.2. The van der Waals surface area contributed by atoms with Crippen LogP contribution in [0.4, 0.5) is 5.69 Å². The lowest BCUT2D eigenvalue weighted by molar-refractivity contribution is -0.112. The van der Waals surface area contributed by atoms with Crippen LogP contribution in [0.2, 0.25) is 0 Å². The van der Waals surface area contributed by atoms with Gasteiger partial charge in [0.25, 0.3) is 5.91 Å². The van der Waals surface area contributed by atoms with Crippen LogP contribution in [0.5, 0.6) is 0 Å². The second-order valence-corrected chi connectivity index (χ2v) is 7.52. The summed E-state index contributed by atoms with van der Waals surface area (Å²) in [5.74, 6) is -1.29. The topological polar surface area (TPSA) is 151 Å². The molecule has 2 aromatic rings. The Morgan fingerprint density at radius 3 is 2.43 bits per heavy atom. The molecule has 0 saturated carbocycles. The number of hydrogen-bond acceptors (Lipinski definition) is 7. The fraction of sp³-hybridized carbons (Fsp3) is 0.150. The van der Waals surface area contributed by atoms with Crippen LogP contribution in [-0.4, -0.2) is 26.9 Å². The van der Waals surface area contributed by atoms with Crippen molar-refractivity contribution in [3.8, 4) is 6.07 Å². The first-order valence-electron chi connectivity index (χ1n) is 8.79. The van der Waals surface area contributed by atoms with Gasteiger partial charge in [0.1, 0.15) is 11.6 Å². The molecule has 0 bridgehead atoms. The van der Waals surface area contributed by atoms with Crippen molar-refractivity contribution in [3.05, 3.63) is 71.4 Å². The molecule has 0 saturated heterocycles. The maximum absolute atomic E-state index is 12.4. The van der Waals surface area contributed by atoms with Crippen LogP contribution in [-0.2, 0) is 26.1 Å². The highest BCUT2D eigenvalue weighted by Crippen LogP contribution is 2.17. The zero-order valence-corrected chi connectivity index (χ0v) is 16.9. The molecule has 2 aromatic carbocycles. The number of esters is 1. The summed E-state index contributed by atoms with van der Waals surface area (Å²) in [7, 11) is -3.77. The molecule has 4 N–H and O–H groups in total. The average molecular weight is 428 g/mol. The molecule has 10 heteroatoms. The van der Waals surface area contributed by atoms with Crippen molar-refractivity contribution in [2.45, 2.75) is 18.4 Å². The van der Waals surface area contributed by atoms with Gasteiger partial charge in [-0.05, 0) is 36.8 Å². The number of rotatable bonds is 8. The molecule has 0 aliphatic heterocycles. The fourth-order valence-corrected chi connectivity index (χ4v) is 2.90. The molecule has 30 heavy (non-hydrogen) atoms. The number of carbonyl (C=O) groups is 2. The van der Waals surface area contributed by atoms with Crippen LogP contribution < -0.4 is 15.8 Å². The number of nitrogens with one attached hydrogen (secondary N) is 2. The third-order valence-corrected chi connectivity index (χ3v) is 4.77. The number of amides is 1. The first-order valence-corrected chi connectivity index (χ1v) is 10.3. The Morgan fingerprint density at radius 2 is 1.83 bits per heavy atom. The van der Waals surface area contributed by atoms with E-state index in [2.05, 4.69) is 10.6 Å². The molecule has 0 fully saturated rings. The summed E-state index contributed by atoms with van der Waals surface area (Å²) in [5.41, 5.74) is 0.896. The Labute approximate surface area is 174 Å². The van der Waals surface area contributed by atoms with Crippen LogP contribution in [0.25, 0.3) is 0 Å². The Hall–Kier alpha value is -3.68.